The molecule has 7 nitrogen and oxygen atoms in total. The molecular formula is C26H22Cl2N4O3S2. The van der Waals surface area contributed by atoms with E-state index in [4.69, 9.17) is 32.7 Å². The number of halogens is 2. The summed E-state index contributed by atoms with van der Waals surface area (Å²) in [6.07, 6.45) is 1.54. The Bertz CT molecular complexity index is 1360. The number of amides is 1. The Kier molecular flexibility index (Phi) is 9.78. The SMILES string of the molecule is CCOc1cc(C=NNC(=O)CSc2nnc(-c3ccccc3)s2)ccc1OCc1c(Cl)cccc1Cl. The normalized spacial score (nSPS) is 11.0. The quantitative estimate of drug-likeness (QED) is 0.122. The molecule has 11 heteroatoms. The van der Waals surface area contributed by atoms with Gasteiger partial charge in [0.1, 0.15) is 11.6 Å². The average Bonchev–Trinajstić information content (AvgIpc) is 3.38. The highest BCUT2D eigenvalue weighted by atomic mass is 35.5. The molecule has 0 fully saturated rings. The monoisotopic (exact) mass is 572 g/mol. The molecule has 0 spiro atoms. The first kappa shape index (κ1) is 26.9. The summed E-state index contributed by atoms with van der Waals surface area (Å²) in [6, 6.07) is 20.5. The van der Waals surface area contributed by atoms with Gasteiger partial charge in [-0.15, -0.1) is 10.2 Å². The van der Waals surface area contributed by atoms with Crippen LogP contribution in [0.4, 0.5) is 0 Å². The van der Waals surface area contributed by atoms with E-state index in [1.165, 1.54) is 29.3 Å². The molecule has 0 aliphatic carbocycles. The summed E-state index contributed by atoms with van der Waals surface area (Å²) in [7, 11) is 0. The largest absolute Gasteiger partial charge is 0.490 e. The van der Waals surface area contributed by atoms with Crippen LogP contribution in [0.1, 0.15) is 18.1 Å². The fourth-order valence-electron chi connectivity index (χ4n) is 3.12. The van der Waals surface area contributed by atoms with Crippen molar-refractivity contribution < 1.29 is 14.3 Å². The van der Waals surface area contributed by atoms with Crippen LogP contribution in [0, 0.1) is 0 Å². The van der Waals surface area contributed by atoms with Gasteiger partial charge in [-0.25, -0.2) is 5.43 Å². The second-order valence-electron chi connectivity index (χ2n) is 7.45. The Balaban J connectivity index is 1.30. The van der Waals surface area contributed by atoms with Crippen molar-refractivity contribution >= 4 is 58.4 Å². The number of hydrogen-bond acceptors (Lipinski definition) is 8. The summed E-state index contributed by atoms with van der Waals surface area (Å²) in [5.74, 6) is 1.01. The van der Waals surface area contributed by atoms with E-state index in [0.29, 0.717) is 38.1 Å². The summed E-state index contributed by atoms with van der Waals surface area (Å²) in [6.45, 7) is 2.53. The van der Waals surface area contributed by atoms with Crippen molar-refractivity contribution in [3.05, 3.63) is 87.9 Å². The number of rotatable bonds is 11. The highest BCUT2D eigenvalue weighted by Crippen LogP contribution is 2.32. The lowest BCUT2D eigenvalue weighted by atomic mass is 10.2. The second-order valence-corrected chi connectivity index (χ2v) is 10.5. The molecule has 1 aromatic heterocycles. The molecule has 190 valence electrons. The number of ether oxygens (including phenoxy) is 2. The third kappa shape index (κ3) is 7.69. The lowest BCUT2D eigenvalue weighted by Crippen LogP contribution is -2.19. The highest BCUT2D eigenvalue weighted by molar-refractivity contribution is 8.01. The van der Waals surface area contributed by atoms with Crippen LogP contribution in [0.3, 0.4) is 0 Å². The molecular weight excluding hydrogens is 551 g/mol. The molecule has 0 bridgehead atoms. The standard InChI is InChI=1S/C26H22Cl2N4O3S2/c1-2-34-23-13-17(11-12-22(23)35-15-19-20(27)9-6-10-21(19)28)14-29-30-24(33)16-36-26-32-31-25(37-26)18-7-4-3-5-8-18/h3-14H,2,15-16H2,1H3,(H,30,33). The zero-order chi connectivity index (χ0) is 26.0. The number of nitrogens with zero attached hydrogens (tertiary/aromatic N) is 3. The Morgan fingerprint density at radius 1 is 1.03 bits per heavy atom. The fourth-order valence-corrected chi connectivity index (χ4v) is 5.27. The first-order valence-electron chi connectivity index (χ1n) is 11.2. The smallest absolute Gasteiger partial charge is 0.250 e. The van der Waals surface area contributed by atoms with Gasteiger partial charge in [0.2, 0.25) is 0 Å². The van der Waals surface area contributed by atoms with Gasteiger partial charge in [0.25, 0.3) is 5.91 Å². The van der Waals surface area contributed by atoms with Crippen molar-refractivity contribution in [2.45, 2.75) is 17.9 Å². The number of nitrogens with one attached hydrogen (secondary N) is 1. The van der Waals surface area contributed by atoms with Gasteiger partial charge in [0, 0.05) is 21.2 Å². The number of aromatic nitrogens is 2. The van der Waals surface area contributed by atoms with Crippen molar-refractivity contribution in [1.29, 1.82) is 0 Å². The third-order valence-electron chi connectivity index (χ3n) is 4.86. The molecule has 0 saturated carbocycles. The van der Waals surface area contributed by atoms with Crippen LogP contribution < -0.4 is 14.9 Å². The summed E-state index contributed by atoms with van der Waals surface area (Å²) >= 11 is 15.2. The van der Waals surface area contributed by atoms with Crippen molar-refractivity contribution in [1.82, 2.24) is 15.6 Å². The van der Waals surface area contributed by atoms with Gasteiger partial charge < -0.3 is 9.47 Å². The van der Waals surface area contributed by atoms with Crippen LogP contribution in [0.5, 0.6) is 11.5 Å². The minimum Gasteiger partial charge on any atom is -0.490 e. The second kappa shape index (κ2) is 13.4. The Morgan fingerprint density at radius 3 is 2.57 bits per heavy atom. The molecule has 1 amide bonds. The Hall–Kier alpha value is -3.11. The molecule has 1 N–H and O–H groups in total. The predicted octanol–water partition coefficient (Wildman–Crippen LogP) is 6.73. The maximum atomic E-state index is 12.2. The van der Waals surface area contributed by atoms with E-state index in [1.54, 1.807) is 30.3 Å². The van der Waals surface area contributed by atoms with Gasteiger partial charge in [-0.2, -0.15) is 5.10 Å². The molecule has 0 atom stereocenters. The molecule has 37 heavy (non-hydrogen) atoms. The molecule has 0 aliphatic heterocycles. The lowest BCUT2D eigenvalue weighted by molar-refractivity contribution is -0.118. The Labute approximate surface area is 232 Å². The van der Waals surface area contributed by atoms with Gasteiger partial charge >= 0.3 is 0 Å². The molecule has 0 unspecified atom stereocenters. The van der Waals surface area contributed by atoms with E-state index < -0.39 is 0 Å². The third-order valence-corrected chi connectivity index (χ3v) is 7.67. The average molecular weight is 574 g/mol. The summed E-state index contributed by atoms with van der Waals surface area (Å²) < 4.78 is 12.4. The first-order chi connectivity index (χ1) is 18.0. The Morgan fingerprint density at radius 2 is 1.81 bits per heavy atom. The van der Waals surface area contributed by atoms with Crippen molar-refractivity contribution in [2.75, 3.05) is 12.4 Å². The van der Waals surface area contributed by atoms with Crippen LogP contribution >= 0.6 is 46.3 Å². The fraction of sp³-hybridized carbons (Fsp3) is 0.154. The number of hydrogen-bond donors (Lipinski definition) is 1. The number of hydrazone groups is 1. The zero-order valence-electron chi connectivity index (χ0n) is 19.7. The number of carbonyl (C=O) groups is 1. The summed E-state index contributed by atoms with van der Waals surface area (Å²) in [5.41, 5.74) is 4.96. The van der Waals surface area contributed by atoms with Crippen LogP contribution in [0.15, 0.2) is 76.2 Å². The van der Waals surface area contributed by atoms with Crippen molar-refractivity contribution in [2.24, 2.45) is 5.10 Å². The number of thioether (sulfide) groups is 1. The molecule has 1 heterocycles. The molecule has 0 aliphatic rings. The van der Waals surface area contributed by atoms with Gasteiger partial charge in [0.05, 0.1) is 18.6 Å². The maximum absolute atomic E-state index is 12.2. The first-order valence-corrected chi connectivity index (χ1v) is 13.8. The van der Waals surface area contributed by atoms with Crippen molar-refractivity contribution in [3.63, 3.8) is 0 Å². The minimum atomic E-state index is -0.251. The maximum Gasteiger partial charge on any atom is 0.250 e. The molecule has 4 rings (SSSR count). The van der Waals surface area contributed by atoms with Crippen LogP contribution in [-0.4, -0.2) is 34.7 Å². The van der Waals surface area contributed by atoms with E-state index >= 15 is 0 Å². The lowest BCUT2D eigenvalue weighted by Gasteiger charge is -2.14. The molecule has 4 aromatic rings. The zero-order valence-corrected chi connectivity index (χ0v) is 22.8. The van der Waals surface area contributed by atoms with E-state index in [1.807, 2.05) is 43.3 Å². The van der Waals surface area contributed by atoms with Gasteiger partial charge in [0.15, 0.2) is 15.8 Å². The highest BCUT2D eigenvalue weighted by Gasteiger charge is 2.11. The molecule has 3 aromatic carbocycles. The minimum absolute atomic E-state index is 0.169. The molecule has 0 radical (unpaired) electrons. The predicted molar refractivity (Wildman–Crippen MR) is 150 cm³/mol. The van der Waals surface area contributed by atoms with Crippen molar-refractivity contribution in [3.8, 4) is 22.1 Å². The summed E-state index contributed by atoms with van der Waals surface area (Å²) in [4.78, 5) is 12.2. The van der Waals surface area contributed by atoms with E-state index in [0.717, 1.165) is 16.1 Å². The van der Waals surface area contributed by atoms with Gasteiger partial charge in [-0.05, 0) is 42.8 Å². The number of carbonyl (C=O) groups excluding carboxylic acids is 1. The van der Waals surface area contributed by atoms with Crippen LogP contribution in [0.2, 0.25) is 10.0 Å². The van der Waals surface area contributed by atoms with E-state index in [9.17, 15) is 4.79 Å². The summed E-state index contributed by atoms with van der Waals surface area (Å²) in [5, 5.41) is 14.3. The van der Waals surface area contributed by atoms with Crippen LogP contribution in [-0.2, 0) is 11.4 Å². The molecule has 0 saturated heterocycles. The van der Waals surface area contributed by atoms with Crippen LogP contribution in [0.25, 0.3) is 10.6 Å². The van der Waals surface area contributed by atoms with Gasteiger partial charge in [-0.1, -0.05) is 82.7 Å². The van der Waals surface area contributed by atoms with E-state index in [2.05, 4.69) is 20.7 Å². The number of benzene rings is 3. The van der Waals surface area contributed by atoms with E-state index in [-0.39, 0.29) is 18.3 Å². The van der Waals surface area contributed by atoms with Gasteiger partial charge in [-0.3, -0.25) is 4.79 Å². The topological polar surface area (TPSA) is 85.7 Å².